The lowest BCUT2D eigenvalue weighted by Gasteiger charge is -2.21. The van der Waals surface area contributed by atoms with E-state index in [0.29, 0.717) is 0 Å². The van der Waals surface area contributed by atoms with Crippen LogP contribution in [0.5, 0.6) is 11.5 Å². The number of furan rings is 1. The van der Waals surface area contributed by atoms with Crippen molar-refractivity contribution >= 4 is 54.8 Å². The van der Waals surface area contributed by atoms with Crippen LogP contribution in [0.15, 0.2) is 126 Å². The molecule has 9 rings (SSSR count). The highest BCUT2D eigenvalue weighted by Crippen LogP contribution is 2.49. The Bertz CT molecular complexity index is 2270. The van der Waals surface area contributed by atoms with Crippen molar-refractivity contribution in [3.05, 3.63) is 121 Å². The normalized spacial score (nSPS) is 12.3. The molecule has 0 N–H and O–H groups in total. The molecule has 182 valence electrons. The first-order chi connectivity index (χ1) is 19.3. The summed E-state index contributed by atoms with van der Waals surface area (Å²) in [6, 6.07) is 42.9. The van der Waals surface area contributed by atoms with E-state index >= 15 is 0 Å². The fourth-order valence-electron chi connectivity index (χ4n) is 6.16. The number of ether oxygens (including phenoxy) is 1. The number of fused-ring (bicyclic) bond motifs is 7. The minimum Gasteiger partial charge on any atom is -0.456 e. The molecule has 0 fully saturated rings. The molecule has 1 aliphatic heterocycles. The van der Waals surface area contributed by atoms with Crippen LogP contribution < -0.4 is 4.74 Å². The number of hydrogen-bond acceptors (Lipinski definition) is 3. The van der Waals surface area contributed by atoms with Gasteiger partial charge in [0.15, 0.2) is 0 Å². The molecule has 0 radical (unpaired) electrons. The number of thiophene rings is 1. The fourth-order valence-corrected chi connectivity index (χ4v) is 7.18. The van der Waals surface area contributed by atoms with Crippen molar-refractivity contribution in [1.82, 2.24) is 0 Å². The molecule has 0 aliphatic carbocycles. The molecule has 3 heteroatoms. The van der Waals surface area contributed by atoms with Gasteiger partial charge in [-0.05, 0) is 75.8 Å². The van der Waals surface area contributed by atoms with Crippen LogP contribution in [0.25, 0.3) is 75.5 Å². The van der Waals surface area contributed by atoms with Gasteiger partial charge in [0.2, 0.25) is 0 Å². The smallest absolute Gasteiger partial charge is 0.136 e. The largest absolute Gasteiger partial charge is 0.456 e. The van der Waals surface area contributed by atoms with Crippen LogP contribution in [-0.2, 0) is 0 Å². The molecule has 39 heavy (non-hydrogen) atoms. The van der Waals surface area contributed by atoms with Gasteiger partial charge in [0, 0.05) is 37.0 Å². The Labute approximate surface area is 228 Å². The maximum absolute atomic E-state index is 6.34. The molecule has 0 saturated heterocycles. The summed E-state index contributed by atoms with van der Waals surface area (Å²) >= 11 is 1.83. The van der Waals surface area contributed by atoms with E-state index < -0.39 is 0 Å². The van der Waals surface area contributed by atoms with Crippen LogP contribution in [0.2, 0.25) is 0 Å². The van der Waals surface area contributed by atoms with Crippen molar-refractivity contribution in [2.24, 2.45) is 0 Å². The molecule has 0 atom stereocenters. The number of benzene rings is 6. The van der Waals surface area contributed by atoms with E-state index in [2.05, 4.69) is 109 Å². The minimum absolute atomic E-state index is 0.909. The molecule has 0 saturated carbocycles. The van der Waals surface area contributed by atoms with Crippen molar-refractivity contribution in [1.29, 1.82) is 0 Å². The third-order valence-corrected chi connectivity index (χ3v) is 9.05. The zero-order valence-corrected chi connectivity index (χ0v) is 21.6. The molecule has 1 aliphatic rings. The predicted octanol–water partition coefficient (Wildman–Crippen LogP) is 11.1. The van der Waals surface area contributed by atoms with Crippen LogP contribution in [0.4, 0.5) is 0 Å². The Balaban J connectivity index is 1.26. The molecule has 3 heterocycles. The van der Waals surface area contributed by atoms with Crippen LogP contribution >= 0.6 is 11.3 Å². The maximum atomic E-state index is 6.34. The lowest BCUT2D eigenvalue weighted by molar-refractivity contribution is 0.487. The molecule has 0 bridgehead atoms. The first-order valence-electron chi connectivity index (χ1n) is 13.1. The second kappa shape index (κ2) is 7.83. The number of para-hydroxylation sites is 1. The fraction of sp³-hybridized carbons (Fsp3) is 0. The van der Waals surface area contributed by atoms with Crippen LogP contribution in [0.1, 0.15) is 0 Å². The highest BCUT2D eigenvalue weighted by molar-refractivity contribution is 7.19. The van der Waals surface area contributed by atoms with Gasteiger partial charge in [0.05, 0.1) is 0 Å². The van der Waals surface area contributed by atoms with Gasteiger partial charge in [-0.25, -0.2) is 0 Å². The average Bonchev–Trinajstić information content (AvgIpc) is 3.63. The van der Waals surface area contributed by atoms with Crippen molar-refractivity contribution in [2.45, 2.75) is 0 Å². The molecular weight excluding hydrogens is 496 g/mol. The second-order valence-corrected chi connectivity index (χ2v) is 11.2. The molecule has 6 aromatic carbocycles. The maximum Gasteiger partial charge on any atom is 0.136 e. The van der Waals surface area contributed by atoms with Crippen molar-refractivity contribution in [2.75, 3.05) is 0 Å². The van der Waals surface area contributed by atoms with Gasteiger partial charge < -0.3 is 9.15 Å². The molecule has 0 spiro atoms. The first-order valence-corrected chi connectivity index (χ1v) is 13.9. The lowest BCUT2D eigenvalue weighted by atomic mass is 9.92. The van der Waals surface area contributed by atoms with Crippen molar-refractivity contribution in [3.63, 3.8) is 0 Å². The van der Waals surface area contributed by atoms with Crippen molar-refractivity contribution in [3.8, 4) is 43.5 Å². The van der Waals surface area contributed by atoms with E-state index in [0.717, 1.165) is 28.2 Å². The van der Waals surface area contributed by atoms with Gasteiger partial charge in [-0.1, -0.05) is 72.8 Å². The molecule has 2 nitrogen and oxygen atoms in total. The number of hydrogen-bond donors (Lipinski definition) is 0. The molecular formula is C36H20O2S. The Morgan fingerprint density at radius 2 is 1.23 bits per heavy atom. The van der Waals surface area contributed by atoms with E-state index in [9.17, 15) is 0 Å². The summed E-state index contributed by atoms with van der Waals surface area (Å²) < 4.78 is 12.6. The molecule has 0 unspecified atom stereocenters. The Morgan fingerprint density at radius 3 is 2.23 bits per heavy atom. The average molecular weight is 517 g/mol. The SMILES string of the molecule is c1ccc2c(c1)Oc1cccc3cc(-c4ccc(-c5cccc6oc7ccc8ccccc8c7c56)s4)cc-2c13. The Hall–Kier alpha value is -4.86. The third-order valence-electron chi connectivity index (χ3n) is 7.88. The van der Waals surface area contributed by atoms with E-state index in [1.54, 1.807) is 0 Å². The molecule has 8 aromatic rings. The summed E-state index contributed by atoms with van der Waals surface area (Å²) in [6.45, 7) is 0. The van der Waals surface area contributed by atoms with Gasteiger partial charge in [-0.2, -0.15) is 0 Å². The van der Waals surface area contributed by atoms with Crippen molar-refractivity contribution < 1.29 is 9.15 Å². The Kier molecular flexibility index (Phi) is 4.24. The standard InChI is InChI=1S/C36H20O2S/c1-2-9-24-21(7-1)15-16-31-35(24)36-26(11-6-14-30(36)38-31)33-18-17-32(39-33)23-19-22-8-5-13-29-34(22)27(20-23)25-10-3-4-12-28(25)37-29/h1-20H. The van der Waals surface area contributed by atoms with Crippen LogP contribution in [0.3, 0.4) is 0 Å². The molecule has 2 aromatic heterocycles. The number of rotatable bonds is 2. The summed E-state index contributed by atoms with van der Waals surface area (Å²) in [5.41, 5.74) is 6.65. The third kappa shape index (κ3) is 3.02. The summed E-state index contributed by atoms with van der Waals surface area (Å²) in [5, 5.41) is 7.19. The van der Waals surface area contributed by atoms with E-state index in [1.807, 2.05) is 23.5 Å². The first kappa shape index (κ1) is 21.1. The van der Waals surface area contributed by atoms with Gasteiger partial charge >= 0.3 is 0 Å². The van der Waals surface area contributed by atoms with E-state index in [4.69, 9.17) is 9.15 Å². The van der Waals surface area contributed by atoms with Gasteiger partial charge in [-0.15, -0.1) is 11.3 Å². The second-order valence-electron chi connectivity index (χ2n) is 10.1. The van der Waals surface area contributed by atoms with E-state index in [1.165, 1.54) is 58.8 Å². The monoisotopic (exact) mass is 516 g/mol. The van der Waals surface area contributed by atoms with Crippen LogP contribution in [0, 0.1) is 0 Å². The minimum atomic E-state index is 0.909. The topological polar surface area (TPSA) is 22.4 Å². The quantitative estimate of drug-likeness (QED) is 0.228. The predicted molar refractivity (Wildman–Crippen MR) is 163 cm³/mol. The summed E-state index contributed by atoms with van der Waals surface area (Å²) in [4.78, 5) is 2.48. The lowest BCUT2D eigenvalue weighted by Crippen LogP contribution is -1.97. The highest BCUT2D eigenvalue weighted by Gasteiger charge is 2.21. The highest BCUT2D eigenvalue weighted by atomic mass is 32.1. The van der Waals surface area contributed by atoms with Gasteiger partial charge in [0.25, 0.3) is 0 Å². The summed E-state index contributed by atoms with van der Waals surface area (Å²) in [7, 11) is 0. The van der Waals surface area contributed by atoms with Gasteiger partial charge in [0.1, 0.15) is 22.7 Å². The summed E-state index contributed by atoms with van der Waals surface area (Å²) in [6.07, 6.45) is 0. The van der Waals surface area contributed by atoms with Crippen LogP contribution in [-0.4, -0.2) is 0 Å². The van der Waals surface area contributed by atoms with E-state index in [-0.39, 0.29) is 0 Å². The summed E-state index contributed by atoms with van der Waals surface area (Å²) in [5.74, 6) is 1.83. The zero-order chi connectivity index (χ0) is 25.5. The zero-order valence-electron chi connectivity index (χ0n) is 20.8. The van der Waals surface area contributed by atoms with Gasteiger partial charge in [-0.3, -0.25) is 0 Å². The Morgan fingerprint density at radius 1 is 0.462 bits per heavy atom. The molecule has 0 amide bonds.